The number of benzene rings is 1. The van der Waals surface area contributed by atoms with E-state index in [-0.39, 0.29) is 6.54 Å². The molecule has 0 spiro atoms. The molecule has 1 aliphatic rings. The summed E-state index contributed by atoms with van der Waals surface area (Å²) in [5, 5.41) is 15.5. The summed E-state index contributed by atoms with van der Waals surface area (Å²) in [6.45, 7) is 2.49. The summed E-state index contributed by atoms with van der Waals surface area (Å²) < 4.78 is 5.08. The highest BCUT2D eigenvalue weighted by Crippen LogP contribution is 2.16. The van der Waals surface area contributed by atoms with E-state index < -0.39 is 17.7 Å². The number of carbonyl (C=O) groups is 2. The van der Waals surface area contributed by atoms with Crippen molar-refractivity contribution in [2.75, 3.05) is 26.7 Å². The van der Waals surface area contributed by atoms with E-state index in [4.69, 9.17) is 4.74 Å². The first-order valence-corrected chi connectivity index (χ1v) is 7.10. The van der Waals surface area contributed by atoms with Gasteiger partial charge in [-0.05, 0) is 24.6 Å². The molecule has 3 N–H and O–H groups in total. The molecule has 1 atom stereocenters. The second kappa shape index (κ2) is 6.65. The van der Waals surface area contributed by atoms with E-state index >= 15 is 0 Å². The molecule has 0 unspecified atom stereocenters. The normalized spacial score (nSPS) is 16.9. The number of aliphatic hydroxyl groups is 1. The maximum Gasteiger partial charge on any atom is 0.325 e. The Balaban J connectivity index is 1.87. The molecule has 0 radical (unpaired) electrons. The monoisotopic (exact) mass is 307 g/mol. The van der Waals surface area contributed by atoms with Gasteiger partial charge >= 0.3 is 12.1 Å². The van der Waals surface area contributed by atoms with Gasteiger partial charge < -0.3 is 20.5 Å². The largest absolute Gasteiger partial charge is 0.497 e. The molecular formula is C15H21N3O4. The van der Waals surface area contributed by atoms with Gasteiger partial charge in [-0.1, -0.05) is 12.1 Å². The Labute approximate surface area is 129 Å². The molecule has 1 aliphatic heterocycles. The van der Waals surface area contributed by atoms with Crippen LogP contribution in [0.4, 0.5) is 9.59 Å². The molecule has 7 heteroatoms. The van der Waals surface area contributed by atoms with Gasteiger partial charge in [0.15, 0.2) is 0 Å². The molecule has 120 valence electrons. The van der Waals surface area contributed by atoms with E-state index in [9.17, 15) is 14.7 Å². The van der Waals surface area contributed by atoms with E-state index in [2.05, 4.69) is 10.6 Å². The number of methoxy groups -OCH3 is 1. The minimum absolute atomic E-state index is 0.0572. The van der Waals surface area contributed by atoms with Gasteiger partial charge in [0, 0.05) is 26.1 Å². The Hall–Kier alpha value is -2.28. The fourth-order valence-corrected chi connectivity index (χ4v) is 2.27. The van der Waals surface area contributed by atoms with Crippen LogP contribution in [0.1, 0.15) is 12.5 Å². The molecule has 0 saturated carbocycles. The van der Waals surface area contributed by atoms with Crippen molar-refractivity contribution in [1.82, 2.24) is 15.5 Å². The van der Waals surface area contributed by atoms with Crippen molar-refractivity contribution in [3.63, 3.8) is 0 Å². The lowest BCUT2D eigenvalue weighted by atomic mass is 9.96. The maximum atomic E-state index is 11.9. The lowest BCUT2D eigenvalue weighted by Gasteiger charge is -2.25. The van der Waals surface area contributed by atoms with Crippen LogP contribution in [0.3, 0.4) is 0 Å². The lowest BCUT2D eigenvalue weighted by molar-refractivity contribution is 0.0612. The molecule has 1 heterocycles. The number of hydrogen-bond donors (Lipinski definition) is 3. The Morgan fingerprint density at radius 1 is 1.45 bits per heavy atom. The molecule has 1 aromatic carbocycles. The Bertz CT molecular complexity index is 542. The van der Waals surface area contributed by atoms with Crippen LogP contribution >= 0.6 is 0 Å². The molecule has 7 nitrogen and oxygen atoms in total. The minimum Gasteiger partial charge on any atom is -0.497 e. The van der Waals surface area contributed by atoms with Crippen molar-refractivity contribution in [2.24, 2.45) is 0 Å². The number of carbonyl (C=O) groups excluding carboxylic acids is 2. The summed E-state index contributed by atoms with van der Waals surface area (Å²) in [7, 11) is 1.59. The van der Waals surface area contributed by atoms with Crippen molar-refractivity contribution in [1.29, 1.82) is 0 Å². The van der Waals surface area contributed by atoms with Crippen LogP contribution in [-0.2, 0) is 6.42 Å². The molecule has 1 saturated heterocycles. The Kier molecular flexibility index (Phi) is 4.87. The first kappa shape index (κ1) is 16.1. The van der Waals surface area contributed by atoms with Crippen LogP contribution in [0.25, 0.3) is 0 Å². The van der Waals surface area contributed by atoms with Gasteiger partial charge in [-0.3, -0.25) is 0 Å². The fourth-order valence-electron chi connectivity index (χ4n) is 2.27. The molecule has 0 bridgehead atoms. The van der Waals surface area contributed by atoms with Crippen LogP contribution in [0.2, 0.25) is 0 Å². The van der Waals surface area contributed by atoms with Gasteiger partial charge in [-0.15, -0.1) is 0 Å². The van der Waals surface area contributed by atoms with Gasteiger partial charge in [-0.25, -0.2) is 14.5 Å². The quantitative estimate of drug-likeness (QED) is 0.748. The number of ether oxygens (including phenoxy) is 1. The molecule has 4 amide bonds. The third-order valence-electron chi connectivity index (χ3n) is 3.47. The number of imide groups is 1. The van der Waals surface area contributed by atoms with Crippen molar-refractivity contribution < 1.29 is 19.4 Å². The standard InChI is InChI=1S/C15H21N3O4/c1-15(21,9-11-3-5-12(22-2)6-4-11)10-17-14(20)18-8-7-16-13(18)19/h3-6,21H,7-10H2,1-2H3,(H,16,19)(H,17,20)/t15-/m0/s1. The second-order valence-electron chi connectivity index (χ2n) is 5.56. The molecule has 2 rings (SSSR count). The van der Waals surface area contributed by atoms with Crippen LogP contribution in [-0.4, -0.2) is 54.4 Å². The van der Waals surface area contributed by atoms with Crippen LogP contribution < -0.4 is 15.4 Å². The summed E-state index contributed by atoms with van der Waals surface area (Å²) in [6.07, 6.45) is 0.378. The third kappa shape index (κ3) is 4.11. The highest BCUT2D eigenvalue weighted by molar-refractivity contribution is 5.94. The number of nitrogens with zero attached hydrogens (tertiary/aromatic N) is 1. The van der Waals surface area contributed by atoms with Crippen LogP contribution in [0.5, 0.6) is 5.75 Å². The highest BCUT2D eigenvalue weighted by Gasteiger charge is 2.28. The van der Waals surface area contributed by atoms with Crippen LogP contribution in [0.15, 0.2) is 24.3 Å². The van der Waals surface area contributed by atoms with E-state index in [1.807, 2.05) is 24.3 Å². The van der Waals surface area contributed by atoms with Gasteiger partial charge in [0.2, 0.25) is 0 Å². The number of amides is 4. The third-order valence-corrected chi connectivity index (χ3v) is 3.47. The second-order valence-corrected chi connectivity index (χ2v) is 5.56. The summed E-state index contributed by atoms with van der Waals surface area (Å²) in [4.78, 5) is 24.3. The summed E-state index contributed by atoms with van der Waals surface area (Å²) >= 11 is 0. The first-order chi connectivity index (χ1) is 10.4. The van der Waals surface area contributed by atoms with Gasteiger partial charge in [-0.2, -0.15) is 0 Å². The smallest absolute Gasteiger partial charge is 0.325 e. The molecule has 0 aliphatic carbocycles. The van der Waals surface area contributed by atoms with Gasteiger partial charge in [0.05, 0.1) is 12.7 Å². The SMILES string of the molecule is COc1ccc(C[C@](C)(O)CNC(=O)N2CCNC2=O)cc1. The van der Waals surface area contributed by atoms with Crippen molar-refractivity contribution in [3.05, 3.63) is 29.8 Å². The average Bonchev–Trinajstić information content (AvgIpc) is 2.91. The zero-order valence-electron chi connectivity index (χ0n) is 12.8. The number of urea groups is 2. The maximum absolute atomic E-state index is 11.9. The van der Waals surface area contributed by atoms with E-state index in [0.717, 1.165) is 16.2 Å². The van der Waals surface area contributed by atoms with Crippen molar-refractivity contribution >= 4 is 12.1 Å². The van der Waals surface area contributed by atoms with E-state index in [1.165, 1.54) is 0 Å². The van der Waals surface area contributed by atoms with Gasteiger partial charge in [0.1, 0.15) is 5.75 Å². The molecule has 1 fully saturated rings. The zero-order valence-corrected chi connectivity index (χ0v) is 12.8. The first-order valence-electron chi connectivity index (χ1n) is 7.10. The summed E-state index contributed by atoms with van der Waals surface area (Å²) in [5.41, 5.74) is -0.181. The molecule has 1 aromatic rings. The zero-order chi connectivity index (χ0) is 16.2. The Morgan fingerprint density at radius 2 is 2.14 bits per heavy atom. The van der Waals surface area contributed by atoms with E-state index in [1.54, 1.807) is 14.0 Å². The topological polar surface area (TPSA) is 90.9 Å². The summed E-state index contributed by atoms with van der Waals surface area (Å²) in [5.74, 6) is 0.747. The van der Waals surface area contributed by atoms with Crippen LogP contribution in [0, 0.1) is 0 Å². The molecule has 0 aromatic heterocycles. The predicted octanol–water partition coefficient (Wildman–Crippen LogP) is 0.723. The lowest BCUT2D eigenvalue weighted by Crippen LogP contribution is -2.48. The van der Waals surface area contributed by atoms with Gasteiger partial charge in [0.25, 0.3) is 0 Å². The minimum atomic E-state index is -1.11. The van der Waals surface area contributed by atoms with E-state index in [0.29, 0.717) is 19.5 Å². The summed E-state index contributed by atoms with van der Waals surface area (Å²) in [6, 6.07) is 6.46. The average molecular weight is 307 g/mol. The number of rotatable bonds is 5. The number of nitrogens with one attached hydrogen (secondary N) is 2. The predicted molar refractivity (Wildman–Crippen MR) is 80.8 cm³/mol. The highest BCUT2D eigenvalue weighted by atomic mass is 16.5. The fraction of sp³-hybridized carbons (Fsp3) is 0.467. The molecule has 22 heavy (non-hydrogen) atoms. The Morgan fingerprint density at radius 3 is 2.68 bits per heavy atom. The van der Waals surface area contributed by atoms with Crippen molar-refractivity contribution in [3.8, 4) is 5.75 Å². The molecular weight excluding hydrogens is 286 g/mol. The number of hydrogen-bond acceptors (Lipinski definition) is 4. The van der Waals surface area contributed by atoms with Crippen molar-refractivity contribution in [2.45, 2.75) is 18.9 Å².